The van der Waals surface area contributed by atoms with Crippen LogP contribution in [0.15, 0.2) is 18.2 Å². The van der Waals surface area contributed by atoms with Gasteiger partial charge in [0.15, 0.2) is 0 Å². The van der Waals surface area contributed by atoms with E-state index in [1.54, 1.807) is 18.1 Å². The van der Waals surface area contributed by atoms with Gasteiger partial charge in [-0.25, -0.2) is 4.39 Å². The number of hydrogen-bond donors (Lipinski definition) is 1. The molecule has 2 heterocycles. The molecule has 0 bridgehead atoms. The van der Waals surface area contributed by atoms with Gasteiger partial charge in [-0.05, 0) is 31.0 Å². The van der Waals surface area contributed by atoms with Gasteiger partial charge in [0.25, 0.3) is 5.91 Å². The third-order valence-electron chi connectivity index (χ3n) is 3.95. The van der Waals surface area contributed by atoms with E-state index in [1.807, 2.05) is 0 Å². The van der Waals surface area contributed by atoms with Crippen molar-refractivity contribution in [3.05, 3.63) is 28.9 Å². The molecule has 1 aliphatic heterocycles. The monoisotopic (exact) mass is 308 g/mol. The standard InChI is InChI=1S/C15H17FN2O2S/c1-20-10-4-6-18(7-5-10)15(19)14-13(17)11-8-9(16)2-3-12(11)21-14/h2-3,8,10H,4-7,17H2,1H3. The molecule has 2 N–H and O–H groups in total. The van der Waals surface area contributed by atoms with Crippen molar-refractivity contribution in [1.82, 2.24) is 4.90 Å². The Morgan fingerprint density at radius 2 is 2.14 bits per heavy atom. The molecule has 112 valence electrons. The maximum absolute atomic E-state index is 13.3. The Morgan fingerprint density at radius 3 is 2.81 bits per heavy atom. The van der Waals surface area contributed by atoms with E-state index in [2.05, 4.69) is 0 Å². The Morgan fingerprint density at radius 1 is 1.43 bits per heavy atom. The SMILES string of the molecule is COC1CCN(C(=O)c2sc3ccc(F)cc3c2N)CC1. The van der Waals surface area contributed by atoms with Gasteiger partial charge >= 0.3 is 0 Å². The quantitative estimate of drug-likeness (QED) is 0.928. The number of nitrogens with two attached hydrogens (primary N) is 1. The molecular weight excluding hydrogens is 291 g/mol. The number of methoxy groups -OCH3 is 1. The summed E-state index contributed by atoms with van der Waals surface area (Å²) in [6.45, 7) is 1.33. The van der Waals surface area contributed by atoms with Crippen LogP contribution in [0.2, 0.25) is 0 Å². The molecule has 1 aromatic carbocycles. The summed E-state index contributed by atoms with van der Waals surface area (Å²) in [5, 5.41) is 0.620. The maximum Gasteiger partial charge on any atom is 0.266 e. The Balaban J connectivity index is 1.87. The molecule has 1 amide bonds. The number of halogens is 1. The van der Waals surface area contributed by atoms with Gasteiger partial charge in [-0.1, -0.05) is 0 Å². The highest BCUT2D eigenvalue weighted by atomic mass is 32.1. The molecule has 0 spiro atoms. The molecule has 1 saturated heterocycles. The first-order chi connectivity index (χ1) is 10.1. The second-order valence-electron chi connectivity index (χ2n) is 5.21. The summed E-state index contributed by atoms with van der Waals surface area (Å²) in [6.07, 6.45) is 1.89. The number of thiophene rings is 1. The molecule has 0 radical (unpaired) electrons. The molecule has 1 aromatic heterocycles. The van der Waals surface area contributed by atoms with Crippen molar-refractivity contribution in [2.45, 2.75) is 18.9 Å². The van der Waals surface area contributed by atoms with Crippen molar-refractivity contribution in [3.8, 4) is 0 Å². The summed E-state index contributed by atoms with van der Waals surface area (Å²) < 4.78 is 19.4. The molecule has 3 rings (SSSR count). The lowest BCUT2D eigenvalue weighted by molar-refractivity contribution is 0.0354. The van der Waals surface area contributed by atoms with Gasteiger partial charge in [0.2, 0.25) is 0 Å². The zero-order chi connectivity index (χ0) is 15.0. The van der Waals surface area contributed by atoms with Crippen molar-refractivity contribution in [2.24, 2.45) is 0 Å². The molecule has 21 heavy (non-hydrogen) atoms. The molecule has 0 atom stereocenters. The van der Waals surface area contributed by atoms with Gasteiger partial charge in [0.1, 0.15) is 10.7 Å². The smallest absolute Gasteiger partial charge is 0.266 e. The minimum atomic E-state index is -0.341. The number of rotatable bonds is 2. The summed E-state index contributed by atoms with van der Waals surface area (Å²) in [4.78, 5) is 14.9. The average molecular weight is 308 g/mol. The van der Waals surface area contributed by atoms with E-state index in [1.165, 1.54) is 23.5 Å². The van der Waals surface area contributed by atoms with E-state index in [9.17, 15) is 9.18 Å². The third-order valence-corrected chi connectivity index (χ3v) is 5.12. The van der Waals surface area contributed by atoms with Gasteiger partial charge < -0.3 is 15.4 Å². The normalized spacial score (nSPS) is 16.6. The van der Waals surface area contributed by atoms with Crippen molar-refractivity contribution in [2.75, 3.05) is 25.9 Å². The average Bonchev–Trinajstić information content (AvgIpc) is 2.83. The summed E-state index contributed by atoms with van der Waals surface area (Å²) in [6, 6.07) is 4.44. The van der Waals surface area contributed by atoms with Crippen LogP contribution in [0.5, 0.6) is 0 Å². The first kappa shape index (κ1) is 14.3. The summed E-state index contributed by atoms with van der Waals surface area (Å²) in [5.41, 5.74) is 6.42. The van der Waals surface area contributed by atoms with E-state index in [4.69, 9.17) is 10.5 Å². The molecule has 1 aliphatic rings. The van der Waals surface area contributed by atoms with Crippen LogP contribution in [0.1, 0.15) is 22.5 Å². The Labute approximate surface area is 126 Å². The van der Waals surface area contributed by atoms with Gasteiger partial charge in [-0.3, -0.25) is 4.79 Å². The zero-order valence-electron chi connectivity index (χ0n) is 11.8. The predicted octanol–water partition coefficient (Wildman–Crippen LogP) is 2.87. The second-order valence-corrected chi connectivity index (χ2v) is 6.26. The van der Waals surface area contributed by atoms with Crippen molar-refractivity contribution in [3.63, 3.8) is 0 Å². The fraction of sp³-hybridized carbons (Fsp3) is 0.400. The number of fused-ring (bicyclic) bond motifs is 1. The molecule has 1 fully saturated rings. The van der Waals surface area contributed by atoms with Crippen LogP contribution in [-0.2, 0) is 4.74 Å². The lowest BCUT2D eigenvalue weighted by Gasteiger charge is -2.31. The van der Waals surface area contributed by atoms with Gasteiger partial charge in [-0.2, -0.15) is 0 Å². The third kappa shape index (κ3) is 2.61. The number of amides is 1. The number of nitrogens with zero attached hydrogens (tertiary/aromatic N) is 1. The summed E-state index contributed by atoms with van der Waals surface area (Å²) >= 11 is 1.33. The van der Waals surface area contributed by atoms with E-state index in [0.29, 0.717) is 29.0 Å². The lowest BCUT2D eigenvalue weighted by atomic mass is 10.1. The second kappa shape index (κ2) is 5.61. The highest BCUT2D eigenvalue weighted by molar-refractivity contribution is 7.21. The highest BCUT2D eigenvalue weighted by Gasteiger charge is 2.26. The highest BCUT2D eigenvalue weighted by Crippen LogP contribution is 2.35. The minimum absolute atomic E-state index is 0.0661. The largest absolute Gasteiger partial charge is 0.397 e. The minimum Gasteiger partial charge on any atom is -0.397 e. The fourth-order valence-electron chi connectivity index (χ4n) is 2.69. The lowest BCUT2D eigenvalue weighted by Crippen LogP contribution is -2.40. The van der Waals surface area contributed by atoms with Crippen LogP contribution < -0.4 is 5.73 Å². The molecule has 0 saturated carbocycles. The van der Waals surface area contributed by atoms with Crippen LogP contribution in [0.25, 0.3) is 10.1 Å². The first-order valence-electron chi connectivity index (χ1n) is 6.89. The number of nitrogen functional groups attached to an aromatic ring is 1. The van der Waals surface area contributed by atoms with E-state index >= 15 is 0 Å². The van der Waals surface area contributed by atoms with Crippen LogP contribution in [-0.4, -0.2) is 37.1 Å². The summed E-state index contributed by atoms with van der Waals surface area (Å²) in [5.74, 6) is -0.407. The molecular formula is C15H17FN2O2S. The van der Waals surface area contributed by atoms with E-state index in [0.717, 1.165) is 17.5 Å². The van der Waals surface area contributed by atoms with Gasteiger partial charge in [0, 0.05) is 30.3 Å². The molecule has 2 aromatic rings. The Hall–Kier alpha value is -1.66. The Bertz CT molecular complexity index is 678. The van der Waals surface area contributed by atoms with Crippen molar-refractivity contribution >= 4 is 33.0 Å². The fourth-order valence-corrected chi connectivity index (χ4v) is 3.76. The maximum atomic E-state index is 13.3. The zero-order valence-corrected chi connectivity index (χ0v) is 12.6. The van der Waals surface area contributed by atoms with Crippen LogP contribution in [0.3, 0.4) is 0 Å². The number of ether oxygens (including phenoxy) is 1. The molecule has 6 heteroatoms. The van der Waals surface area contributed by atoms with Crippen LogP contribution in [0, 0.1) is 5.82 Å². The number of carbonyl (C=O) groups is 1. The number of piperidine rings is 1. The first-order valence-corrected chi connectivity index (χ1v) is 7.71. The topological polar surface area (TPSA) is 55.6 Å². The molecule has 0 unspecified atom stereocenters. The van der Waals surface area contributed by atoms with Crippen LogP contribution >= 0.6 is 11.3 Å². The van der Waals surface area contributed by atoms with Crippen molar-refractivity contribution < 1.29 is 13.9 Å². The van der Waals surface area contributed by atoms with E-state index < -0.39 is 0 Å². The van der Waals surface area contributed by atoms with Crippen molar-refractivity contribution in [1.29, 1.82) is 0 Å². The van der Waals surface area contributed by atoms with Crippen LogP contribution in [0.4, 0.5) is 10.1 Å². The number of carbonyl (C=O) groups excluding carboxylic acids is 1. The predicted molar refractivity (Wildman–Crippen MR) is 82.1 cm³/mol. The molecule has 0 aliphatic carbocycles. The van der Waals surface area contributed by atoms with E-state index in [-0.39, 0.29) is 17.8 Å². The number of hydrogen-bond acceptors (Lipinski definition) is 4. The molecule has 4 nitrogen and oxygen atoms in total. The number of likely N-dealkylation sites (tertiary alicyclic amines) is 1. The van der Waals surface area contributed by atoms with Gasteiger partial charge in [-0.15, -0.1) is 11.3 Å². The van der Waals surface area contributed by atoms with Gasteiger partial charge in [0.05, 0.1) is 11.8 Å². The number of anilines is 1. The Kier molecular flexibility index (Phi) is 3.82. The summed E-state index contributed by atoms with van der Waals surface area (Å²) in [7, 11) is 1.70. The number of benzene rings is 1.